The van der Waals surface area contributed by atoms with Gasteiger partial charge in [-0.2, -0.15) is 0 Å². The van der Waals surface area contributed by atoms with Crippen molar-refractivity contribution in [3.8, 4) is 0 Å². The molecule has 1 saturated carbocycles. The van der Waals surface area contributed by atoms with Crippen LogP contribution in [0.4, 0.5) is 0 Å². The normalized spacial score (nSPS) is 43.1. The first kappa shape index (κ1) is 6.45. The molecule has 2 rings (SSSR count). The molecule has 0 radical (unpaired) electrons. The van der Waals surface area contributed by atoms with E-state index >= 15 is 0 Å². The molecule has 0 aromatic heterocycles. The third kappa shape index (κ3) is 0.902. The standard InChI is InChI=1S/C10H16/c1-2-3-9-6-8-4-5-10(9)7-8/h4-5,8-10H,2-3,6-7H2,1H3/t8-,9?,10-/m1/s1. The van der Waals surface area contributed by atoms with Crippen LogP contribution in [0.5, 0.6) is 0 Å². The third-order valence-corrected chi connectivity index (χ3v) is 3.08. The maximum Gasteiger partial charge on any atom is -0.0199 e. The van der Waals surface area contributed by atoms with Gasteiger partial charge in [-0.05, 0) is 30.6 Å². The molecule has 0 heterocycles. The lowest BCUT2D eigenvalue weighted by Gasteiger charge is -2.16. The van der Waals surface area contributed by atoms with Crippen molar-refractivity contribution >= 4 is 0 Å². The highest BCUT2D eigenvalue weighted by Gasteiger charge is 2.34. The van der Waals surface area contributed by atoms with Gasteiger partial charge in [0.05, 0.1) is 0 Å². The number of rotatable bonds is 2. The van der Waals surface area contributed by atoms with E-state index in [1.165, 1.54) is 25.7 Å². The molecular weight excluding hydrogens is 120 g/mol. The van der Waals surface area contributed by atoms with Crippen molar-refractivity contribution in [1.82, 2.24) is 0 Å². The molecule has 0 aliphatic heterocycles. The highest BCUT2D eigenvalue weighted by molar-refractivity contribution is 5.09. The summed E-state index contributed by atoms with van der Waals surface area (Å²) in [6, 6.07) is 0. The molecule has 2 bridgehead atoms. The van der Waals surface area contributed by atoms with E-state index in [9.17, 15) is 0 Å². The SMILES string of the molecule is CCCC1C[C@H]2C=C[C@@H]1C2. The van der Waals surface area contributed by atoms with Crippen LogP contribution in [0.3, 0.4) is 0 Å². The molecule has 10 heavy (non-hydrogen) atoms. The highest BCUT2D eigenvalue weighted by Crippen LogP contribution is 2.45. The summed E-state index contributed by atoms with van der Waals surface area (Å²) in [4.78, 5) is 0. The Hall–Kier alpha value is -0.260. The van der Waals surface area contributed by atoms with Crippen LogP contribution in [0.2, 0.25) is 0 Å². The Bertz CT molecular complexity index is 146. The summed E-state index contributed by atoms with van der Waals surface area (Å²) in [5, 5.41) is 0. The first-order valence-corrected chi connectivity index (χ1v) is 4.58. The molecule has 1 unspecified atom stereocenters. The van der Waals surface area contributed by atoms with Crippen LogP contribution in [0.15, 0.2) is 12.2 Å². The van der Waals surface area contributed by atoms with Gasteiger partial charge in [0.15, 0.2) is 0 Å². The van der Waals surface area contributed by atoms with E-state index in [0.29, 0.717) is 0 Å². The van der Waals surface area contributed by atoms with Crippen LogP contribution in [0.25, 0.3) is 0 Å². The van der Waals surface area contributed by atoms with Gasteiger partial charge in [-0.1, -0.05) is 31.9 Å². The second kappa shape index (κ2) is 2.41. The van der Waals surface area contributed by atoms with E-state index in [4.69, 9.17) is 0 Å². The molecule has 0 amide bonds. The average molecular weight is 136 g/mol. The molecule has 0 N–H and O–H groups in total. The summed E-state index contributed by atoms with van der Waals surface area (Å²) in [5.41, 5.74) is 0. The van der Waals surface area contributed by atoms with Gasteiger partial charge in [0, 0.05) is 0 Å². The van der Waals surface area contributed by atoms with Gasteiger partial charge in [0.2, 0.25) is 0 Å². The molecule has 0 heteroatoms. The van der Waals surface area contributed by atoms with E-state index in [-0.39, 0.29) is 0 Å². The lowest BCUT2D eigenvalue weighted by Crippen LogP contribution is -2.05. The van der Waals surface area contributed by atoms with E-state index in [2.05, 4.69) is 19.1 Å². The molecule has 0 spiro atoms. The monoisotopic (exact) mass is 136 g/mol. The van der Waals surface area contributed by atoms with Crippen molar-refractivity contribution in [2.75, 3.05) is 0 Å². The third-order valence-electron chi connectivity index (χ3n) is 3.08. The molecular formula is C10H16. The molecule has 0 aromatic rings. The molecule has 2 aliphatic rings. The number of hydrogen-bond donors (Lipinski definition) is 0. The fraction of sp³-hybridized carbons (Fsp3) is 0.800. The average Bonchev–Trinajstić information content (AvgIpc) is 2.48. The maximum absolute atomic E-state index is 2.45. The predicted octanol–water partition coefficient (Wildman–Crippen LogP) is 3.00. The van der Waals surface area contributed by atoms with Crippen LogP contribution >= 0.6 is 0 Å². The summed E-state index contributed by atoms with van der Waals surface area (Å²) in [6.45, 7) is 2.30. The first-order valence-electron chi connectivity index (χ1n) is 4.58. The number of hydrogen-bond acceptors (Lipinski definition) is 0. The molecule has 56 valence electrons. The molecule has 0 nitrogen and oxygen atoms in total. The van der Waals surface area contributed by atoms with Crippen molar-refractivity contribution in [3.63, 3.8) is 0 Å². The van der Waals surface area contributed by atoms with E-state index in [0.717, 1.165) is 17.8 Å². The van der Waals surface area contributed by atoms with E-state index < -0.39 is 0 Å². The Morgan fingerprint density at radius 3 is 2.70 bits per heavy atom. The minimum atomic E-state index is 0.974. The Morgan fingerprint density at radius 1 is 1.30 bits per heavy atom. The zero-order valence-electron chi connectivity index (χ0n) is 6.72. The van der Waals surface area contributed by atoms with Crippen LogP contribution in [-0.4, -0.2) is 0 Å². The first-order chi connectivity index (χ1) is 4.90. The van der Waals surface area contributed by atoms with Gasteiger partial charge in [-0.3, -0.25) is 0 Å². The van der Waals surface area contributed by atoms with Crippen molar-refractivity contribution < 1.29 is 0 Å². The smallest absolute Gasteiger partial charge is 0.0199 e. The summed E-state index contributed by atoms with van der Waals surface area (Å²) >= 11 is 0. The maximum atomic E-state index is 2.45. The molecule has 3 atom stereocenters. The van der Waals surface area contributed by atoms with Gasteiger partial charge < -0.3 is 0 Å². The summed E-state index contributed by atoms with van der Waals surface area (Å²) < 4.78 is 0. The lowest BCUT2D eigenvalue weighted by molar-refractivity contribution is 0.412. The zero-order chi connectivity index (χ0) is 6.97. The Morgan fingerprint density at radius 2 is 2.20 bits per heavy atom. The van der Waals surface area contributed by atoms with Gasteiger partial charge in [0.25, 0.3) is 0 Å². The van der Waals surface area contributed by atoms with Crippen molar-refractivity contribution in [1.29, 1.82) is 0 Å². The number of fused-ring (bicyclic) bond motifs is 2. The van der Waals surface area contributed by atoms with Gasteiger partial charge in [-0.25, -0.2) is 0 Å². The molecule has 0 aromatic carbocycles. The minimum Gasteiger partial charge on any atom is -0.0851 e. The summed E-state index contributed by atoms with van der Waals surface area (Å²) in [7, 11) is 0. The lowest BCUT2D eigenvalue weighted by atomic mass is 9.90. The second-order valence-electron chi connectivity index (χ2n) is 3.83. The fourth-order valence-corrected chi connectivity index (χ4v) is 2.60. The quantitative estimate of drug-likeness (QED) is 0.512. The van der Waals surface area contributed by atoms with Gasteiger partial charge in [-0.15, -0.1) is 0 Å². The van der Waals surface area contributed by atoms with E-state index in [1.807, 2.05) is 0 Å². The summed E-state index contributed by atoms with van der Waals surface area (Å²) in [6.07, 6.45) is 10.7. The minimum absolute atomic E-state index is 0.974. The number of allylic oxidation sites excluding steroid dienone is 2. The van der Waals surface area contributed by atoms with Crippen LogP contribution in [-0.2, 0) is 0 Å². The Kier molecular flexibility index (Phi) is 1.55. The predicted molar refractivity (Wildman–Crippen MR) is 43.8 cm³/mol. The highest BCUT2D eigenvalue weighted by atomic mass is 14.4. The zero-order valence-corrected chi connectivity index (χ0v) is 6.72. The van der Waals surface area contributed by atoms with Gasteiger partial charge in [0.1, 0.15) is 0 Å². The van der Waals surface area contributed by atoms with Crippen molar-refractivity contribution in [2.45, 2.75) is 32.6 Å². The van der Waals surface area contributed by atoms with Crippen molar-refractivity contribution in [3.05, 3.63) is 12.2 Å². The van der Waals surface area contributed by atoms with Gasteiger partial charge >= 0.3 is 0 Å². The van der Waals surface area contributed by atoms with Crippen LogP contribution in [0.1, 0.15) is 32.6 Å². The topological polar surface area (TPSA) is 0 Å². The fourth-order valence-electron chi connectivity index (χ4n) is 2.60. The second-order valence-corrected chi connectivity index (χ2v) is 3.83. The van der Waals surface area contributed by atoms with Crippen molar-refractivity contribution in [2.24, 2.45) is 17.8 Å². The van der Waals surface area contributed by atoms with Crippen LogP contribution in [0, 0.1) is 17.8 Å². The molecule has 1 fully saturated rings. The summed E-state index contributed by atoms with van der Waals surface area (Å²) in [5.74, 6) is 3.01. The largest absolute Gasteiger partial charge is 0.0851 e. The molecule has 0 saturated heterocycles. The van der Waals surface area contributed by atoms with E-state index in [1.54, 1.807) is 0 Å². The Labute approximate surface area is 63.3 Å². The molecule has 2 aliphatic carbocycles. The van der Waals surface area contributed by atoms with Crippen LogP contribution < -0.4 is 0 Å². The Balaban J connectivity index is 1.96.